The molecule has 0 unspecified atom stereocenters. The van der Waals surface area contributed by atoms with Gasteiger partial charge in [-0.1, -0.05) is 0 Å². The van der Waals surface area contributed by atoms with Crippen molar-refractivity contribution in [1.29, 1.82) is 0 Å². The summed E-state index contributed by atoms with van der Waals surface area (Å²) >= 11 is 1.44. The van der Waals surface area contributed by atoms with Gasteiger partial charge in [-0.25, -0.2) is 0 Å². The van der Waals surface area contributed by atoms with Crippen LogP contribution in [0.3, 0.4) is 0 Å². The van der Waals surface area contributed by atoms with Gasteiger partial charge in [0, 0.05) is 5.75 Å². The van der Waals surface area contributed by atoms with Crippen LogP contribution in [0.4, 0.5) is 0 Å². The summed E-state index contributed by atoms with van der Waals surface area (Å²) in [5, 5.41) is 0. The second kappa shape index (κ2) is 4.65. The Hall–Kier alpha value is -0.750. The van der Waals surface area contributed by atoms with Gasteiger partial charge in [-0.2, -0.15) is 0 Å². The molecule has 5 nitrogen and oxygen atoms in total. The maximum atomic E-state index is 11.1. The first-order chi connectivity index (χ1) is 6.58. The van der Waals surface area contributed by atoms with Crippen molar-refractivity contribution in [2.75, 3.05) is 19.5 Å². The number of ether oxygens (including phenoxy) is 2. The number of hydrogen-bond donors (Lipinski definition) is 1. The number of esters is 1. The third kappa shape index (κ3) is 2.88. The molecule has 1 heterocycles. The van der Waals surface area contributed by atoms with Gasteiger partial charge in [0.05, 0.1) is 26.6 Å². The largest absolute Gasteiger partial charge is 0.469 e. The zero-order valence-electron chi connectivity index (χ0n) is 7.95. The van der Waals surface area contributed by atoms with E-state index >= 15 is 0 Å². The molecule has 0 spiro atoms. The van der Waals surface area contributed by atoms with E-state index in [4.69, 9.17) is 10.5 Å². The zero-order valence-corrected chi connectivity index (χ0v) is 8.76. The molecular weight excluding hydrogens is 206 g/mol. The molecule has 6 heteroatoms. The van der Waals surface area contributed by atoms with Crippen molar-refractivity contribution in [2.45, 2.75) is 17.8 Å². The van der Waals surface area contributed by atoms with Crippen LogP contribution >= 0.6 is 11.8 Å². The summed E-state index contributed by atoms with van der Waals surface area (Å²) in [6, 6.07) is 0. The number of amides is 1. The number of nitrogens with two attached hydrogens (primary N) is 1. The highest BCUT2D eigenvalue weighted by Gasteiger charge is 2.40. The van der Waals surface area contributed by atoms with Crippen molar-refractivity contribution >= 4 is 23.6 Å². The molecule has 0 aromatic rings. The normalized spacial score (nSPS) is 26.1. The molecule has 2 N–H and O–H groups in total. The molecule has 1 rings (SSSR count). The summed E-state index contributed by atoms with van der Waals surface area (Å²) in [7, 11) is 1.31. The molecule has 14 heavy (non-hydrogen) atoms. The minimum Gasteiger partial charge on any atom is -0.469 e. The molecule has 1 fully saturated rings. The second-order valence-electron chi connectivity index (χ2n) is 3.00. The summed E-state index contributed by atoms with van der Waals surface area (Å²) in [5.41, 5.74) is 5.09. The highest BCUT2D eigenvalue weighted by atomic mass is 32.2. The number of rotatable bonds is 4. The van der Waals surface area contributed by atoms with Crippen molar-refractivity contribution in [3.8, 4) is 0 Å². The molecule has 1 aliphatic rings. The molecule has 1 atom stereocenters. The van der Waals surface area contributed by atoms with E-state index in [1.54, 1.807) is 0 Å². The average Bonchev–Trinajstić information content (AvgIpc) is 2.51. The predicted molar refractivity (Wildman–Crippen MR) is 51.6 cm³/mol. The van der Waals surface area contributed by atoms with Crippen LogP contribution in [0.1, 0.15) is 12.8 Å². The minimum atomic E-state index is -0.793. The monoisotopic (exact) mass is 219 g/mol. The van der Waals surface area contributed by atoms with Crippen LogP contribution in [0, 0.1) is 0 Å². The molecule has 1 saturated heterocycles. The van der Waals surface area contributed by atoms with E-state index in [0.29, 0.717) is 6.61 Å². The lowest BCUT2D eigenvalue weighted by molar-refractivity contribution is -0.145. The van der Waals surface area contributed by atoms with Gasteiger partial charge in [-0.05, 0) is 0 Å². The fourth-order valence-electron chi connectivity index (χ4n) is 1.32. The Balaban J connectivity index is 2.61. The van der Waals surface area contributed by atoms with Crippen LogP contribution in [0.15, 0.2) is 0 Å². The van der Waals surface area contributed by atoms with E-state index in [1.807, 2.05) is 0 Å². The highest BCUT2D eigenvalue weighted by molar-refractivity contribution is 8.00. The molecule has 1 amide bonds. The van der Waals surface area contributed by atoms with Gasteiger partial charge in [-0.3, -0.25) is 9.59 Å². The summed E-state index contributed by atoms with van der Waals surface area (Å²) < 4.78 is 9.92. The summed E-state index contributed by atoms with van der Waals surface area (Å²) in [5.74, 6) is -0.0893. The maximum absolute atomic E-state index is 11.1. The van der Waals surface area contributed by atoms with Crippen LogP contribution < -0.4 is 5.73 Å². The van der Waals surface area contributed by atoms with Crippen molar-refractivity contribution in [3.63, 3.8) is 0 Å². The standard InChI is InChI=1S/C8H13NO4S/c1-12-7(11)5-8(4-6(9)10)13-2-3-14-8/h2-5H2,1H3,(H2,9,10)/t8-/m1/s1. The SMILES string of the molecule is COC(=O)C[C@]1(CC(N)=O)OCCS1. The van der Waals surface area contributed by atoms with Crippen LogP contribution in [0.2, 0.25) is 0 Å². The fraction of sp³-hybridized carbons (Fsp3) is 0.750. The Bertz CT molecular complexity index is 237. The first kappa shape index (κ1) is 11.3. The quantitative estimate of drug-likeness (QED) is 0.667. The highest BCUT2D eigenvalue weighted by Crippen LogP contribution is 2.39. The number of primary amides is 1. The van der Waals surface area contributed by atoms with E-state index in [-0.39, 0.29) is 18.8 Å². The van der Waals surface area contributed by atoms with Gasteiger partial charge in [0.2, 0.25) is 5.91 Å². The number of hydrogen-bond acceptors (Lipinski definition) is 5. The Kier molecular flexibility index (Phi) is 3.77. The molecular formula is C8H13NO4S. The summed E-state index contributed by atoms with van der Waals surface area (Å²) in [4.78, 5) is 21.1. The van der Waals surface area contributed by atoms with Crippen LogP contribution in [-0.2, 0) is 19.1 Å². The Morgan fingerprint density at radius 3 is 2.71 bits per heavy atom. The first-order valence-corrected chi connectivity index (χ1v) is 5.19. The topological polar surface area (TPSA) is 78.6 Å². The molecule has 0 bridgehead atoms. The van der Waals surface area contributed by atoms with Crippen LogP contribution in [0.5, 0.6) is 0 Å². The van der Waals surface area contributed by atoms with E-state index in [9.17, 15) is 9.59 Å². The van der Waals surface area contributed by atoms with Gasteiger partial charge >= 0.3 is 5.97 Å². The summed E-state index contributed by atoms with van der Waals surface area (Å²) in [6.07, 6.45) is 0.115. The van der Waals surface area contributed by atoms with Crippen molar-refractivity contribution in [3.05, 3.63) is 0 Å². The lowest BCUT2D eigenvalue weighted by Gasteiger charge is -2.24. The van der Waals surface area contributed by atoms with Gasteiger partial charge in [0.25, 0.3) is 0 Å². The molecule has 0 radical (unpaired) electrons. The fourth-order valence-corrected chi connectivity index (χ4v) is 2.49. The lowest BCUT2D eigenvalue weighted by atomic mass is 10.1. The number of thioether (sulfide) groups is 1. The van der Waals surface area contributed by atoms with E-state index in [0.717, 1.165) is 5.75 Å². The van der Waals surface area contributed by atoms with Gasteiger partial charge in [0.15, 0.2) is 0 Å². The van der Waals surface area contributed by atoms with Gasteiger partial charge in [0.1, 0.15) is 4.93 Å². The van der Waals surface area contributed by atoms with Crippen molar-refractivity contribution in [2.24, 2.45) is 5.73 Å². The Morgan fingerprint density at radius 1 is 1.57 bits per heavy atom. The number of carbonyl (C=O) groups is 2. The average molecular weight is 219 g/mol. The molecule has 0 saturated carbocycles. The predicted octanol–water partition coefficient (Wildman–Crippen LogP) is -0.115. The van der Waals surface area contributed by atoms with Crippen molar-refractivity contribution in [1.82, 2.24) is 0 Å². The molecule has 0 aromatic heterocycles. The molecule has 0 aliphatic carbocycles. The third-order valence-electron chi connectivity index (χ3n) is 1.90. The molecule has 80 valence electrons. The Morgan fingerprint density at radius 2 is 2.29 bits per heavy atom. The smallest absolute Gasteiger partial charge is 0.309 e. The van der Waals surface area contributed by atoms with E-state index in [1.165, 1.54) is 18.9 Å². The van der Waals surface area contributed by atoms with Crippen molar-refractivity contribution < 1.29 is 19.1 Å². The van der Waals surface area contributed by atoms with Crippen LogP contribution in [0.25, 0.3) is 0 Å². The van der Waals surface area contributed by atoms with E-state index in [2.05, 4.69) is 4.74 Å². The zero-order chi connectivity index (χ0) is 10.6. The maximum Gasteiger partial charge on any atom is 0.309 e. The van der Waals surface area contributed by atoms with E-state index < -0.39 is 10.8 Å². The number of methoxy groups -OCH3 is 1. The summed E-state index contributed by atoms with van der Waals surface area (Å²) in [6.45, 7) is 0.537. The third-order valence-corrected chi connectivity index (χ3v) is 3.20. The minimum absolute atomic E-state index is 0.0484. The first-order valence-electron chi connectivity index (χ1n) is 4.21. The second-order valence-corrected chi connectivity index (χ2v) is 4.44. The molecule has 0 aromatic carbocycles. The molecule has 1 aliphatic heterocycles. The number of carbonyl (C=O) groups excluding carboxylic acids is 2. The van der Waals surface area contributed by atoms with Gasteiger partial charge < -0.3 is 15.2 Å². The van der Waals surface area contributed by atoms with Crippen LogP contribution in [-0.4, -0.2) is 36.3 Å². The lowest BCUT2D eigenvalue weighted by Crippen LogP contribution is -2.34. The Labute approximate surface area is 86.3 Å². The van der Waals surface area contributed by atoms with Gasteiger partial charge in [-0.15, -0.1) is 11.8 Å².